The summed E-state index contributed by atoms with van der Waals surface area (Å²) in [6.07, 6.45) is 7.77. The molecule has 9 nitrogen and oxygen atoms in total. The number of hydrogen-bond acceptors (Lipinski definition) is 8. The van der Waals surface area contributed by atoms with Gasteiger partial charge in [-0.2, -0.15) is 15.3 Å². The molecule has 2 aliphatic rings. The molecule has 1 saturated carbocycles. The highest BCUT2D eigenvalue weighted by Crippen LogP contribution is 2.40. The first-order chi connectivity index (χ1) is 16.9. The number of nitriles is 1. The van der Waals surface area contributed by atoms with Crippen molar-refractivity contribution in [1.82, 2.24) is 24.6 Å². The molecule has 1 aromatic carbocycles. The molecule has 0 unspecified atom stereocenters. The fourth-order valence-corrected chi connectivity index (χ4v) is 4.53. The van der Waals surface area contributed by atoms with Gasteiger partial charge in [0, 0.05) is 13.2 Å². The summed E-state index contributed by atoms with van der Waals surface area (Å²) in [7, 11) is 4.00. The van der Waals surface area contributed by atoms with Crippen molar-refractivity contribution >= 4 is 34.7 Å². The van der Waals surface area contributed by atoms with E-state index >= 15 is 0 Å². The Morgan fingerprint density at radius 1 is 1.11 bits per heavy atom. The molecule has 1 aliphatic heterocycles. The molecule has 1 aliphatic carbocycles. The number of likely N-dealkylation sites (tertiary alicyclic amines) is 1. The number of piperidine rings is 1. The first-order valence-electron chi connectivity index (χ1n) is 11.9. The van der Waals surface area contributed by atoms with Crippen LogP contribution in [0.15, 0.2) is 24.5 Å². The number of aromatic nitrogens is 4. The van der Waals surface area contributed by atoms with Crippen LogP contribution in [0.4, 0.5) is 23.1 Å². The van der Waals surface area contributed by atoms with Gasteiger partial charge in [0.05, 0.1) is 41.0 Å². The van der Waals surface area contributed by atoms with Crippen LogP contribution in [0.5, 0.6) is 5.75 Å². The molecular weight excluding hydrogens is 464 g/mol. The zero-order chi connectivity index (χ0) is 24.5. The highest BCUT2D eigenvalue weighted by atomic mass is 35.5. The van der Waals surface area contributed by atoms with Gasteiger partial charge in [0.25, 0.3) is 0 Å². The van der Waals surface area contributed by atoms with E-state index in [0.717, 1.165) is 61.5 Å². The molecule has 2 fully saturated rings. The van der Waals surface area contributed by atoms with Crippen molar-refractivity contribution in [2.75, 3.05) is 30.8 Å². The number of nitrogens with one attached hydrogen (secondary N) is 2. The van der Waals surface area contributed by atoms with Gasteiger partial charge in [-0.25, -0.2) is 4.98 Å². The quantitative estimate of drug-likeness (QED) is 0.481. The Kier molecular flexibility index (Phi) is 6.50. The lowest BCUT2D eigenvalue weighted by Crippen LogP contribution is -2.29. The maximum atomic E-state index is 9.95. The smallest absolute Gasteiger partial charge is 0.229 e. The van der Waals surface area contributed by atoms with Crippen LogP contribution < -0.4 is 15.4 Å². The number of aryl methyl sites for hydroxylation is 2. The Morgan fingerprint density at radius 2 is 1.89 bits per heavy atom. The van der Waals surface area contributed by atoms with Crippen molar-refractivity contribution < 1.29 is 4.74 Å². The van der Waals surface area contributed by atoms with Crippen LogP contribution in [-0.4, -0.2) is 50.9 Å². The Morgan fingerprint density at radius 3 is 2.54 bits per heavy atom. The molecule has 10 heteroatoms. The van der Waals surface area contributed by atoms with E-state index in [4.69, 9.17) is 16.3 Å². The molecule has 0 atom stereocenters. The zero-order valence-corrected chi connectivity index (χ0v) is 20.9. The van der Waals surface area contributed by atoms with E-state index in [1.54, 1.807) is 10.9 Å². The van der Waals surface area contributed by atoms with E-state index in [0.29, 0.717) is 34.0 Å². The summed E-state index contributed by atoms with van der Waals surface area (Å²) in [6.45, 7) is 3.96. The van der Waals surface area contributed by atoms with E-state index < -0.39 is 0 Å². The lowest BCUT2D eigenvalue weighted by Gasteiger charge is -2.30. The molecule has 182 valence electrons. The Labute approximate surface area is 210 Å². The summed E-state index contributed by atoms with van der Waals surface area (Å²) in [5.74, 6) is 1.90. The van der Waals surface area contributed by atoms with Crippen molar-refractivity contribution in [3.05, 3.63) is 46.4 Å². The molecule has 5 rings (SSSR count). The van der Waals surface area contributed by atoms with Crippen molar-refractivity contribution in [3.8, 4) is 11.8 Å². The van der Waals surface area contributed by atoms with Gasteiger partial charge in [-0.15, -0.1) is 0 Å². The van der Waals surface area contributed by atoms with Crippen molar-refractivity contribution in [2.45, 2.75) is 44.6 Å². The minimum atomic E-state index is 0.214. The van der Waals surface area contributed by atoms with E-state index in [2.05, 4.69) is 43.7 Å². The summed E-state index contributed by atoms with van der Waals surface area (Å²) in [4.78, 5) is 11.3. The van der Waals surface area contributed by atoms with Gasteiger partial charge in [-0.3, -0.25) is 4.68 Å². The molecule has 2 aromatic heterocycles. The molecule has 2 N–H and O–H groups in total. The molecule has 3 aromatic rings. The Hall–Kier alpha value is -3.35. The number of benzene rings is 1. The van der Waals surface area contributed by atoms with Gasteiger partial charge >= 0.3 is 0 Å². The number of rotatable bonds is 7. The molecular formula is C25H29ClN8O. The predicted octanol–water partition coefficient (Wildman–Crippen LogP) is 4.88. The number of halogens is 1. The second kappa shape index (κ2) is 9.72. The predicted molar refractivity (Wildman–Crippen MR) is 136 cm³/mol. The van der Waals surface area contributed by atoms with Crippen molar-refractivity contribution in [3.63, 3.8) is 0 Å². The maximum Gasteiger partial charge on any atom is 0.229 e. The van der Waals surface area contributed by atoms with Gasteiger partial charge in [0.2, 0.25) is 5.95 Å². The average molecular weight is 493 g/mol. The van der Waals surface area contributed by atoms with Gasteiger partial charge in [-0.05, 0) is 76.4 Å². The number of ether oxygens (including phenoxy) is 1. The molecule has 0 spiro atoms. The third-order valence-corrected chi connectivity index (χ3v) is 6.78. The van der Waals surface area contributed by atoms with Crippen LogP contribution in [0.25, 0.3) is 0 Å². The van der Waals surface area contributed by atoms with Crippen LogP contribution in [-0.2, 0) is 7.05 Å². The topological polar surface area (TPSA) is 104 Å². The summed E-state index contributed by atoms with van der Waals surface area (Å²) in [5.41, 5.74) is 4.04. The van der Waals surface area contributed by atoms with Gasteiger partial charge < -0.3 is 20.3 Å². The van der Waals surface area contributed by atoms with Gasteiger partial charge in [0.1, 0.15) is 10.8 Å². The van der Waals surface area contributed by atoms with Gasteiger partial charge in [-0.1, -0.05) is 11.6 Å². The fraction of sp³-hybridized carbons (Fsp3) is 0.440. The summed E-state index contributed by atoms with van der Waals surface area (Å²) < 4.78 is 7.98. The second-order valence-electron chi connectivity index (χ2n) is 9.38. The highest BCUT2D eigenvalue weighted by Gasteiger charge is 2.28. The maximum absolute atomic E-state index is 9.95. The SMILES string of the molecule is Cc1nn(C)cc1Nc1nc(Nc2cc(C#N)c(C3CCN(C)CC3)cc2OC2CC2)ncc1Cl. The third-order valence-electron chi connectivity index (χ3n) is 6.51. The van der Waals surface area contributed by atoms with Crippen LogP contribution in [0, 0.1) is 18.3 Å². The van der Waals surface area contributed by atoms with Crippen LogP contribution in [0.3, 0.4) is 0 Å². The molecule has 0 bridgehead atoms. The summed E-state index contributed by atoms with van der Waals surface area (Å²) >= 11 is 6.37. The lowest BCUT2D eigenvalue weighted by molar-refractivity contribution is 0.254. The standard InChI is InChI=1S/C25H29ClN8O/c1-15-22(14-34(3)32-15)29-24-20(26)13-28-25(31-24)30-21-10-17(12-27)19(11-23(21)35-18-4-5-18)16-6-8-33(2)9-7-16/h10-11,13-14,16,18H,4-9H2,1-3H3,(H2,28,29,30,31). The normalized spacial score (nSPS) is 16.7. The Balaban J connectivity index is 1.45. The van der Waals surface area contributed by atoms with E-state index in [1.165, 1.54) is 0 Å². The number of anilines is 4. The van der Waals surface area contributed by atoms with Crippen molar-refractivity contribution in [2.24, 2.45) is 7.05 Å². The number of hydrogen-bond donors (Lipinski definition) is 2. The zero-order valence-electron chi connectivity index (χ0n) is 20.2. The first-order valence-corrected chi connectivity index (χ1v) is 12.3. The molecule has 0 amide bonds. The monoisotopic (exact) mass is 492 g/mol. The highest BCUT2D eigenvalue weighted by molar-refractivity contribution is 6.32. The van der Waals surface area contributed by atoms with Crippen LogP contribution in [0.2, 0.25) is 5.02 Å². The molecule has 3 heterocycles. The number of nitrogens with zero attached hydrogens (tertiary/aromatic N) is 6. The minimum absolute atomic E-state index is 0.214. The molecule has 0 radical (unpaired) electrons. The second-order valence-corrected chi connectivity index (χ2v) is 9.79. The average Bonchev–Trinajstić information content (AvgIpc) is 3.60. The van der Waals surface area contributed by atoms with Crippen molar-refractivity contribution in [1.29, 1.82) is 5.26 Å². The van der Waals surface area contributed by atoms with Crippen LogP contribution in [0.1, 0.15) is 48.4 Å². The minimum Gasteiger partial charge on any atom is -0.488 e. The van der Waals surface area contributed by atoms with E-state index in [1.807, 2.05) is 32.3 Å². The van der Waals surface area contributed by atoms with Crippen LogP contribution >= 0.6 is 11.6 Å². The summed E-state index contributed by atoms with van der Waals surface area (Å²) in [5, 5.41) is 21.2. The third kappa shape index (κ3) is 5.34. The lowest BCUT2D eigenvalue weighted by atomic mass is 9.86. The first kappa shape index (κ1) is 23.4. The largest absolute Gasteiger partial charge is 0.488 e. The van der Waals surface area contributed by atoms with E-state index in [9.17, 15) is 5.26 Å². The van der Waals surface area contributed by atoms with Gasteiger partial charge in [0.15, 0.2) is 5.82 Å². The Bertz CT molecular complexity index is 1270. The van der Waals surface area contributed by atoms with E-state index in [-0.39, 0.29) is 6.10 Å². The summed E-state index contributed by atoms with van der Waals surface area (Å²) in [6, 6.07) is 6.30. The molecule has 35 heavy (non-hydrogen) atoms. The molecule has 1 saturated heterocycles. The fourth-order valence-electron chi connectivity index (χ4n) is 4.40.